The second kappa shape index (κ2) is 7.26. The molecule has 0 fully saturated rings. The molecule has 0 spiro atoms. The molecular weight excluding hydrogens is 346 g/mol. The van der Waals surface area contributed by atoms with Gasteiger partial charge in [0.25, 0.3) is 0 Å². The van der Waals surface area contributed by atoms with Crippen LogP contribution in [0.2, 0.25) is 5.02 Å². The number of para-hydroxylation sites is 1. The van der Waals surface area contributed by atoms with Crippen molar-refractivity contribution in [1.82, 2.24) is 9.47 Å². The lowest BCUT2D eigenvalue weighted by molar-refractivity contribution is 0.167. The summed E-state index contributed by atoms with van der Waals surface area (Å²) in [7, 11) is 0. The maximum absolute atomic E-state index is 13.0. The van der Waals surface area contributed by atoms with E-state index in [9.17, 15) is 4.79 Å². The van der Waals surface area contributed by atoms with Crippen LogP contribution in [-0.2, 0) is 13.0 Å². The first-order valence-corrected chi connectivity index (χ1v) is 9.11. The molecule has 3 aromatic rings. The van der Waals surface area contributed by atoms with Crippen LogP contribution in [0.1, 0.15) is 17.3 Å². The van der Waals surface area contributed by atoms with E-state index in [4.69, 9.17) is 11.6 Å². The Hall–Kier alpha value is -2.72. The van der Waals surface area contributed by atoms with Crippen molar-refractivity contribution in [2.75, 3.05) is 11.9 Å². The van der Waals surface area contributed by atoms with E-state index in [1.54, 1.807) is 6.07 Å². The van der Waals surface area contributed by atoms with E-state index in [2.05, 4.69) is 34.3 Å². The molecule has 0 bridgehead atoms. The van der Waals surface area contributed by atoms with E-state index in [0.717, 1.165) is 18.7 Å². The Labute approximate surface area is 158 Å². The van der Waals surface area contributed by atoms with Gasteiger partial charge in [0.15, 0.2) is 0 Å². The molecule has 4 nitrogen and oxygen atoms in total. The molecule has 1 unspecified atom stereocenters. The SMILES string of the molecule is O=C(Nc1ccccc1Cl)N1CCn2cccc2C1Cc1ccccc1. The monoisotopic (exact) mass is 365 g/mol. The van der Waals surface area contributed by atoms with Crippen molar-refractivity contribution in [3.63, 3.8) is 0 Å². The third-order valence-electron chi connectivity index (χ3n) is 4.81. The summed E-state index contributed by atoms with van der Waals surface area (Å²) in [5.41, 5.74) is 3.01. The highest BCUT2D eigenvalue weighted by Crippen LogP contribution is 2.30. The molecule has 2 aromatic carbocycles. The molecule has 1 aromatic heterocycles. The highest BCUT2D eigenvalue weighted by Gasteiger charge is 2.31. The summed E-state index contributed by atoms with van der Waals surface area (Å²) in [6.07, 6.45) is 2.86. The summed E-state index contributed by atoms with van der Waals surface area (Å²) in [5, 5.41) is 3.51. The van der Waals surface area contributed by atoms with Crippen molar-refractivity contribution in [2.45, 2.75) is 19.0 Å². The van der Waals surface area contributed by atoms with Gasteiger partial charge in [0, 0.05) is 25.0 Å². The summed E-state index contributed by atoms with van der Waals surface area (Å²) in [4.78, 5) is 14.9. The predicted molar refractivity (Wildman–Crippen MR) is 104 cm³/mol. The number of carbonyl (C=O) groups excluding carboxylic acids is 1. The lowest BCUT2D eigenvalue weighted by Crippen LogP contribution is -2.44. The molecule has 1 aliphatic heterocycles. The number of urea groups is 1. The second-order valence-corrected chi connectivity index (χ2v) is 6.84. The quantitative estimate of drug-likeness (QED) is 0.698. The van der Waals surface area contributed by atoms with Gasteiger partial charge < -0.3 is 14.8 Å². The number of carbonyl (C=O) groups is 1. The number of rotatable bonds is 3. The highest BCUT2D eigenvalue weighted by molar-refractivity contribution is 6.33. The van der Waals surface area contributed by atoms with Gasteiger partial charge in [-0.1, -0.05) is 54.1 Å². The summed E-state index contributed by atoms with van der Waals surface area (Å²) < 4.78 is 2.23. The van der Waals surface area contributed by atoms with Crippen LogP contribution in [0.3, 0.4) is 0 Å². The van der Waals surface area contributed by atoms with Crippen LogP contribution < -0.4 is 5.32 Å². The fourth-order valence-electron chi connectivity index (χ4n) is 3.51. The maximum atomic E-state index is 13.0. The van der Waals surface area contributed by atoms with Gasteiger partial charge in [-0.2, -0.15) is 0 Å². The molecule has 0 aliphatic carbocycles. The molecule has 1 N–H and O–H groups in total. The normalized spacial score (nSPS) is 16.2. The summed E-state index contributed by atoms with van der Waals surface area (Å²) in [6.45, 7) is 1.46. The van der Waals surface area contributed by atoms with Crippen molar-refractivity contribution < 1.29 is 4.79 Å². The smallest absolute Gasteiger partial charge is 0.322 e. The van der Waals surface area contributed by atoms with Crippen molar-refractivity contribution >= 4 is 23.3 Å². The number of hydrogen-bond acceptors (Lipinski definition) is 1. The van der Waals surface area contributed by atoms with Gasteiger partial charge in [-0.05, 0) is 36.2 Å². The fourth-order valence-corrected chi connectivity index (χ4v) is 3.69. The zero-order valence-electron chi connectivity index (χ0n) is 14.3. The first-order chi connectivity index (χ1) is 12.7. The minimum Gasteiger partial charge on any atom is -0.348 e. The molecule has 26 heavy (non-hydrogen) atoms. The molecule has 1 atom stereocenters. The standard InChI is InChI=1S/C21H20ClN3O/c22-17-9-4-5-10-18(17)23-21(26)25-14-13-24-12-6-11-19(24)20(25)15-16-7-2-1-3-8-16/h1-12,20H,13-15H2,(H,23,26). The Bertz CT molecular complexity index is 906. The minimum atomic E-state index is -0.119. The molecule has 132 valence electrons. The number of amides is 2. The van der Waals surface area contributed by atoms with E-state index in [-0.39, 0.29) is 12.1 Å². The van der Waals surface area contributed by atoms with Crippen LogP contribution >= 0.6 is 11.6 Å². The van der Waals surface area contributed by atoms with Crippen molar-refractivity contribution in [2.24, 2.45) is 0 Å². The van der Waals surface area contributed by atoms with Gasteiger partial charge >= 0.3 is 6.03 Å². The van der Waals surface area contributed by atoms with Crippen molar-refractivity contribution in [1.29, 1.82) is 0 Å². The van der Waals surface area contributed by atoms with Crippen LogP contribution in [0, 0.1) is 0 Å². The number of hydrogen-bond donors (Lipinski definition) is 1. The summed E-state index contributed by atoms with van der Waals surface area (Å²) in [6, 6.07) is 21.6. The van der Waals surface area contributed by atoms with Gasteiger partial charge in [0.1, 0.15) is 0 Å². The topological polar surface area (TPSA) is 37.3 Å². The van der Waals surface area contributed by atoms with Crippen molar-refractivity contribution in [3.8, 4) is 0 Å². The molecule has 2 amide bonds. The average Bonchev–Trinajstić information content (AvgIpc) is 3.14. The third kappa shape index (κ3) is 3.33. The molecule has 0 radical (unpaired) electrons. The number of benzene rings is 2. The molecule has 2 heterocycles. The zero-order chi connectivity index (χ0) is 17.9. The Balaban J connectivity index is 1.61. The molecular formula is C21H20ClN3O. The number of aromatic nitrogens is 1. The van der Waals surface area contributed by atoms with E-state index in [0.29, 0.717) is 17.3 Å². The Morgan fingerprint density at radius 3 is 2.58 bits per heavy atom. The Morgan fingerprint density at radius 2 is 1.77 bits per heavy atom. The number of nitrogens with zero attached hydrogens (tertiary/aromatic N) is 2. The van der Waals surface area contributed by atoms with Gasteiger partial charge in [-0.15, -0.1) is 0 Å². The van der Waals surface area contributed by atoms with Gasteiger partial charge in [0.05, 0.1) is 16.8 Å². The molecule has 5 heteroatoms. The largest absolute Gasteiger partial charge is 0.348 e. The highest BCUT2D eigenvalue weighted by atomic mass is 35.5. The number of anilines is 1. The van der Waals surface area contributed by atoms with Gasteiger partial charge in [-0.25, -0.2) is 4.79 Å². The zero-order valence-corrected chi connectivity index (χ0v) is 15.1. The molecule has 4 rings (SSSR count). The van der Waals surface area contributed by atoms with Crippen LogP contribution in [-0.4, -0.2) is 22.0 Å². The van der Waals surface area contributed by atoms with Crippen LogP contribution in [0.4, 0.5) is 10.5 Å². The molecule has 0 saturated carbocycles. The van der Waals surface area contributed by atoms with Gasteiger partial charge in [0.2, 0.25) is 0 Å². The Kier molecular flexibility index (Phi) is 4.67. The van der Waals surface area contributed by atoms with E-state index >= 15 is 0 Å². The average molecular weight is 366 g/mol. The second-order valence-electron chi connectivity index (χ2n) is 6.44. The van der Waals surface area contributed by atoms with E-state index < -0.39 is 0 Å². The summed E-state index contributed by atoms with van der Waals surface area (Å²) in [5.74, 6) is 0. The van der Waals surface area contributed by atoms with Gasteiger partial charge in [-0.3, -0.25) is 0 Å². The lowest BCUT2D eigenvalue weighted by Gasteiger charge is -2.37. The van der Waals surface area contributed by atoms with E-state index in [1.165, 1.54) is 5.56 Å². The third-order valence-corrected chi connectivity index (χ3v) is 5.14. The molecule has 1 aliphatic rings. The summed E-state index contributed by atoms with van der Waals surface area (Å²) >= 11 is 6.20. The first kappa shape index (κ1) is 16.7. The van der Waals surface area contributed by atoms with Crippen molar-refractivity contribution in [3.05, 3.63) is 89.2 Å². The Morgan fingerprint density at radius 1 is 1.00 bits per heavy atom. The predicted octanol–water partition coefficient (Wildman–Crippen LogP) is 4.97. The van der Waals surface area contributed by atoms with Crippen LogP contribution in [0.25, 0.3) is 0 Å². The van der Waals surface area contributed by atoms with Crippen LogP contribution in [0.5, 0.6) is 0 Å². The maximum Gasteiger partial charge on any atom is 0.322 e. The number of halogens is 1. The fraction of sp³-hybridized carbons (Fsp3) is 0.190. The van der Waals surface area contributed by atoms with Crippen LogP contribution in [0.15, 0.2) is 72.9 Å². The van der Waals surface area contributed by atoms with E-state index in [1.807, 2.05) is 47.4 Å². The minimum absolute atomic E-state index is 0.0105. The lowest BCUT2D eigenvalue weighted by atomic mass is 10.0. The number of fused-ring (bicyclic) bond motifs is 1. The number of nitrogens with one attached hydrogen (secondary N) is 1. The first-order valence-electron chi connectivity index (χ1n) is 8.73. The molecule has 0 saturated heterocycles.